The van der Waals surface area contributed by atoms with Gasteiger partial charge in [0, 0.05) is 6.42 Å². The molecule has 0 heterocycles. The Bertz CT molecular complexity index is 619. The van der Waals surface area contributed by atoms with Crippen LogP contribution in [-0.4, -0.2) is 17.0 Å². The van der Waals surface area contributed by atoms with E-state index in [1.54, 1.807) is 12.1 Å². The van der Waals surface area contributed by atoms with E-state index in [1.165, 1.54) is 70.6 Å². The van der Waals surface area contributed by atoms with Crippen molar-refractivity contribution in [1.82, 2.24) is 0 Å². The van der Waals surface area contributed by atoms with Crippen molar-refractivity contribution in [2.45, 2.75) is 110 Å². The fourth-order valence-electron chi connectivity index (χ4n) is 3.50. The molecule has 0 aromatic heterocycles. The van der Waals surface area contributed by atoms with Gasteiger partial charge in [0.05, 0.1) is 6.42 Å². The third kappa shape index (κ3) is 16.3. The number of esters is 1. The van der Waals surface area contributed by atoms with Crippen LogP contribution in [0.15, 0.2) is 36.4 Å². The molecule has 174 valence electrons. The van der Waals surface area contributed by atoms with Gasteiger partial charge in [-0.3, -0.25) is 9.59 Å². The van der Waals surface area contributed by atoms with Gasteiger partial charge in [0.2, 0.25) is 0 Å². The summed E-state index contributed by atoms with van der Waals surface area (Å²) in [7, 11) is 0. The summed E-state index contributed by atoms with van der Waals surface area (Å²) in [4.78, 5) is 22.5. The van der Waals surface area contributed by atoms with Crippen LogP contribution in [-0.2, 0) is 27.4 Å². The van der Waals surface area contributed by atoms with E-state index in [-0.39, 0.29) is 19.0 Å². The van der Waals surface area contributed by atoms with E-state index >= 15 is 0 Å². The zero-order valence-electron chi connectivity index (χ0n) is 19.4. The Morgan fingerprint density at radius 1 is 0.774 bits per heavy atom. The SMILES string of the molecule is CCCCCCCC/C=C\CCCCCCCC(=O)OCc1ccc(CC(=O)O)cc1. The van der Waals surface area contributed by atoms with E-state index in [4.69, 9.17) is 9.84 Å². The Labute approximate surface area is 189 Å². The summed E-state index contributed by atoms with van der Waals surface area (Å²) >= 11 is 0. The number of rotatable bonds is 19. The second kappa shape index (κ2) is 18.7. The highest BCUT2D eigenvalue weighted by Gasteiger charge is 2.05. The minimum Gasteiger partial charge on any atom is -0.481 e. The van der Waals surface area contributed by atoms with Gasteiger partial charge in [0.25, 0.3) is 0 Å². The van der Waals surface area contributed by atoms with Crippen LogP contribution in [0.2, 0.25) is 0 Å². The largest absolute Gasteiger partial charge is 0.481 e. The minimum atomic E-state index is -0.848. The van der Waals surface area contributed by atoms with Crippen LogP contribution < -0.4 is 0 Å². The standard InChI is InChI=1S/C27H42O4/c1-2-3-4-5-6-7-8-9-10-11-12-13-14-15-16-17-27(30)31-23-25-20-18-24(19-21-25)22-26(28)29/h9-10,18-21H,2-8,11-17,22-23H2,1H3,(H,28,29)/b10-9-. The Morgan fingerprint density at radius 2 is 1.29 bits per heavy atom. The van der Waals surface area contributed by atoms with Gasteiger partial charge in [0.15, 0.2) is 0 Å². The molecule has 4 heteroatoms. The zero-order chi connectivity index (χ0) is 22.6. The lowest BCUT2D eigenvalue weighted by Crippen LogP contribution is -2.05. The Kier molecular flexibility index (Phi) is 16.2. The van der Waals surface area contributed by atoms with Crippen LogP contribution in [0, 0.1) is 0 Å². The van der Waals surface area contributed by atoms with E-state index in [9.17, 15) is 9.59 Å². The van der Waals surface area contributed by atoms with Crippen molar-refractivity contribution in [3.63, 3.8) is 0 Å². The predicted octanol–water partition coefficient (Wildman–Crippen LogP) is 7.39. The number of carboxylic acids is 1. The molecule has 0 aliphatic heterocycles. The van der Waals surface area contributed by atoms with Crippen molar-refractivity contribution in [2.24, 2.45) is 0 Å². The summed E-state index contributed by atoms with van der Waals surface area (Å²) in [6.07, 6.45) is 21.3. The van der Waals surface area contributed by atoms with Gasteiger partial charge in [-0.15, -0.1) is 0 Å². The quantitative estimate of drug-likeness (QED) is 0.141. The third-order valence-electron chi connectivity index (χ3n) is 5.42. The van der Waals surface area contributed by atoms with Gasteiger partial charge in [-0.2, -0.15) is 0 Å². The third-order valence-corrected chi connectivity index (χ3v) is 5.42. The molecule has 0 fully saturated rings. The smallest absolute Gasteiger partial charge is 0.307 e. The normalized spacial score (nSPS) is 11.1. The molecule has 0 bridgehead atoms. The van der Waals surface area contributed by atoms with Crippen LogP contribution in [0.25, 0.3) is 0 Å². The van der Waals surface area contributed by atoms with E-state index < -0.39 is 5.97 Å². The van der Waals surface area contributed by atoms with Crippen molar-refractivity contribution in [3.05, 3.63) is 47.5 Å². The number of ether oxygens (including phenoxy) is 1. The Morgan fingerprint density at radius 3 is 1.87 bits per heavy atom. The number of carboxylic acid groups (broad SMARTS) is 1. The molecular formula is C27H42O4. The maximum absolute atomic E-state index is 11.9. The molecule has 0 saturated carbocycles. The van der Waals surface area contributed by atoms with Crippen LogP contribution in [0.5, 0.6) is 0 Å². The van der Waals surface area contributed by atoms with Crippen molar-refractivity contribution in [3.8, 4) is 0 Å². The van der Waals surface area contributed by atoms with Crippen LogP contribution >= 0.6 is 0 Å². The topological polar surface area (TPSA) is 63.6 Å². The highest BCUT2D eigenvalue weighted by Crippen LogP contribution is 2.11. The summed E-state index contributed by atoms with van der Waals surface area (Å²) in [6.45, 7) is 2.50. The van der Waals surface area contributed by atoms with Crippen LogP contribution in [0.3, 0.4) is 0 Å². The molecule has 1 rings (SSSR count). The van der Waals surface area contributed by atoms with Gasteiger partial charge in [-0.25, -0.2) is 0 Å². The van der Waals surface area contributed by atoms with Crippen molar-refractivity contribution in [1.29, 1.82) is 0 Å². The molecule has 0 aliphatic rings. The van der Waals surface area contributed by atoms with Gasteiger partial charge in [-0.05, 0) is 43.2 Å². The van der Waals surface area contributed by atoms with Crippen molar-refractivity contribution >= 4 is 11.9 Å². The van der Waals surface area contributed by atoms with Gasteiger partial charge < -0.3 is 9.84 Å². The number of allylic oxidation sites excluding steroid dienone is 2. The van der Waals surface area contributed by atoms with Gasteiger partial charge in [-0.1, -0.05) is 94.7 Å². The molecule has 0 radical (unpaired) electrons. The Hall–Kier alpha value is -2.10. The minimum absolute atomic E-state index is 0.00947. The summed E-state index contributed by atoms with van der Waals surface area (Å²) in [5.74, 6) is -1.01. The molecule has 31 heavy (non-hydrogen) atoms. The Balaban J connectivity index is 1.92. The molecule has 0 aliphatic carbocycles. The van der Waals surface area contributed by atoms with Crippen LogP contribution in [0.4, 0.5) is 0 Å². The number of benzene rings is 1. The van der Waals surface area contributed by atoms with E-state index in [2.05, 4.69) is 19.1 Å². The van der Waals surface area contributed by atoms with E-state index in [0.717, 1.165) is 24.0 Å². The highest BCUT2D eigenvalue weighted by molar-refractivity contribution is 5.70. The van der Waals surface area contributed by atoms with E-state index in [0.29, 0.717) is 6.42 Å². The fraction of sp³-hybridized carbons (Fsp3) is 0.630. The molecule has 0 spiro atoms. The van der Waals surface area contributed by atoms with Gasteiger partial charge >= 0.3 is 11.9 Å². The molecule has 0 saturated heterocycles. The maximum atomic E-state index is 11.9. The summed E-state index contributed by atoms with van der Waals surface area (Å²) in [6, 6.07) is 7.16. The number of carbonyl (C=O) groups excluding carboxylic acids is 1. The first-order valence-electron chi connectivity index (χ1n) is 12.2. The molecule has 4 nitrogen and oxygen atoms in total. The van der Waals surface area contributed by atoms with Crippen molar-refractivity contribution in [2.75, 3.05) is 0 Å². The van der Waals surface area contributed by atoms with E-state index in [1.807, 2.05) is 12.1 Å². The molecule has 1 aromatic carbocycles. The molecule has 1 N–H and O–H groups in total. The average Bonchev–Trinajstić information content (AvgIpc) is 2.75. The summed E-state index contributed by atoms with van der Waals surface area (Å²) < 4.78 is 5.30. The molecule has 0 amide bonds. The second-order valence-corrected chi connectivity index (χ2v) is 8.38. The number of aliphatic carboxylic acids is 1. The summed E-state index contributed by atoms with van der Waals surface area (Å²) in [5.41, 5.74) is 1.63. The lowest BCUT2D eigenvalue weighted by molar-refractivity contribution is -0.145. The monoisotopic (exact) mass is 430 g/mol. The molecular weight excluding hydrogens is 388 g/mol. The highest BCUT2D eigenvalue weighted by atomic mass is 16.5. The first-order chi connectivity index (χ1) is 15.1. The first kappa shape index (κ1) is 26.9. The number of hydrogen-bond acceptors (Lipinski definition) is 3. The second-order valence-electron chi connectivity index (χ2n) is 8.38. The molecule has 1 aromatic rings. The number of carbonyl (C=O) groups is 2. The maximum Gasteiger partial charge on any atom is 0.307 e. The van der Waals surface area contributed by atoms with Crippen molar-refractivity contribution < 1.29 is 19.4 Å². The fourth-order valence-corrected chi connectivity index (χ4v) is 3.50. The molecule has 0 atom stereocenters. The van der Waals surface area contributed by atoms with Crippen LogP contribution in [0.1, 0.15) is 108 Å². The zero-order valence-corrected chi connectivity index (χ0v) is 19.4. The first-order valence-corrected chi connectivity index (χ1v) is 12.2. The average molecular weight is 431 g/mol. The molecule has 0 unspecified atom stereocenters. The summed E-state index contributed by atoms with van der Waals surface area (Å²) in [5, 5.41) is 8.77. The lowest BCUT2D eigenvalue weighted by atomic mass is 10.1. The number of hydrogen-bond donors (Lipinski definition) is 1. The van der Waals surface area contributed by atoms with Gasteiger partial charge in [0.1, 0.15) is 6.61 Å². The predicted molar refractivity (Wildman–Crippen MR) is 127 cm³/mol. The lowest BCUT2D eigenvalue weighted by Gasteiger charge is -2.06. The number of unbranched alkanes of at least 4 members (excludes halogenated alkanes) is 11.